The number of hydrogen-bond donors (Lipinski definition) is 2. The summed E-state index contributed by atoms with van der Waals surface area (Å²) < 4.78 is 1.64. The van der Waals surface area contributed by atoms with Crippen molar-refractivity contribution in [3.05, 3.63) is 53.1 Å². The van der Waals surface area contributed by atoms with Crippen LogP contribution in [0.15, 0.2) is 30.6 Å². The van der Waals surface area contributed by atoms with Crippen LogP contribution in [0.4, 0.5) is 0 Å². The summed E-state index contributed by atoms with van der Waals surface area (Å²) in [7, 11) is 0. The molecule has 8 heteroatoms. The fourth-order valence-electron chi connectivity index (χ4n) is 4.18. The molecule has 1 unspecified atom stereocenters. The number of imidazole rings is 1. The molecule has 2 N–H and O–H groups in total. The van der Waals surface area contributed by atoms with Crippen LogP contribution in [0, 0.1) is 12.8 Å². The zero-order valence-corrected chi connectivity index (χ0v) is 20.3. The lowest BCUT2D eigenvalue weighted by molar-refractivity contribution is -0.132. The van der Waals surface area contributed by atoms with Gasteiger partial charge in [0.1, 0.15) is 11.2 Å². The summed E-state index contributed by atoms with van der Waals surface area (Å²) in [4.78, 5) is 45.4. The summed E-state index contributed by atoms with van der Waals surface area (Å²) in [6.07, 6.45) is 3.05. The Morgan fingerprint density at radius 1 is 1.24 bits per heavy atom. The second-order valence-electron chi connectivity index (χ2n) is 9.41. The average Bonchev–Trinajstić information content (AvgIpc) is 3.18. The molecule has 1 aliphatic rings. The summed E-state index contributed by atoms with van der Waals surface area (Å²) in [6, 6.07) is 7.87. The van der Waals surface area contributed by atoms with Gasteiger partial charge in [0.05, 0.1) is 12.9 Å². The molecule has 2 aromatic rings. The predicted molar refractivity (Wildman–Crippen MR) is 127 cm³/mol. The number of aryl methyl sites for hydroxylation is 1. The number of hydrogen-bond acceptors (Lipinski definition) is 4. The minimum atomic E-state index is -1.05. The molecule has 0 saturated heterocycles. The lowest BCUT2D eigenvalue weighted by Gasteiger charge is -2.43. The summed E-state index contributed by atoms with van der Waals surface area (Å²) in [6.45, 7) is 11.5. The van der Waals surface area contributed by atoms with E-state index in [1.165, 1.54) is 6.33 Å². The first kappa shape index (κ1) is 24.5. The van der Waals surface area contributed by atoms with Crippen LogP contribution in [0.3, 0.4) is 0 Å². The number of amides is 3. The van der Waals surface area contributed by atoms with Crippen LogP contribution < -0.4 is 10.6 Å². The van der Waals surface area contributed by atoms with Crippen molar-refractivity contribution in [2.24, 2.45) is 5.92 Å². The molecular formula is C25H35N5O3. The van der Waals surface area contributed by atoms with E-state index in [-0.39, 0.29) is 29.7 Å². The van der Waals surface area contributed by atoms with E-state index >= 15 is 0 Å². The molecule has 1 atom stereocenters. The van der Waals surface area contributed by atoms with Crippen LogP contribution in [0.2, 0.25) is 0 Å². The normalized spacial score (nSPS) is 17.8. The highest BCUT2D eigenvalue weighted by Crippen LogP contribution is 2.29. The molecule has 178 valence electrons. The Balaban J connectivity index is 1.82. The van der Waals surface area contributed by atoms with Crippen LogP contribution in [-0.4, -0.2) is 50.8 Å². The maximum atomic E-state index is 13.5. The number of fused-ring (bicyclic) bond motifs is 1. The van der Waals surface area contributed by atoms with Gasteiger partial charge in [0, 0.05) is 19.6 Å². The van der Waals surface area contributed by atoms with Gasteiger partial charge >= 0.3 is 0 Å². The largest absolute Gasteiger partial charge is 0.354 e. The molecule has 0 saturated carbocycles. The number of carbonyl (C=O) groups is 3. The Morgan fingerprint density at radius 3 is 2.67 bits per heavy atom. The maximum Gasteiger partial charge on any atom is 0.273 e. The molecule has 0 aliphatic carbocycles. The SMILES string of the molecule is CCCN1C(=O)c2c(C(=O)NCc3cccc(C)c3)ncn2CC1(C)C(=O)NCCC(C)C. The summed E-state index contributed by atoms with van der Waals surface area (Å²) in [5.41, 5.74) is 1.36. The first-order chi connectivity index (χ1) is 15.7. The van der Waals surface area contributed by atoms with Gasteiger partial charge in [-0.1, -0.05) is 50.6 Å². The Bertz CT molecular complexity index is 1030. The summed E-state index contributed by atoms with van der Waals surface area (Å²) in [5, 5.41) is 5.85. The number of aromatic nitrogens is 2. The van der Waals surface area contributed by atoms with E-state index in [1.54, 1.807) is 16.4 Å². The van der Waals surface area contributed by atoms with Crippen molar-refractivity contribution in [1.82, 2.24) is 25.1 Å². The van der Waals surface area contributed by atoms with Crippen molar-refractivity contribution in [2.75, 3.05) is 13.1 Å². The zero-order valence-electron chi connectivity index (χ0n) is 20.3. The fraction of sp³-hybridized carbons (Fsp3) is 0.520. The number of carbonyl (C=O) groups excluding carboxylic acids is 3. The molecule has 8 nitrogen and oxygen atoms in total. The van der Waals surface area contributed by atoms with Crippen molar-refractivity contribution >= 4 is 17.7 Å². The van der Waals surface area contributed by atoms with Gasteiger partial charge in [-0.2, -0.15) is 0 Å². The lowest BCUT2D eigenvalue weighted by Crippen LogP contribution is -2.64. The molecule has 1 aliphatic heterocycles. The van der Waals surface area contributed by atoms with Gasteiger partial charge in [0.25, 0.3) is 11.8 Å². The maximum absolute atomic E-state index is 13.5. The molecule has 1 aromatic carbocycles. The first-order valence-corrected chi connectivity index (χ1v) is 11.7. The smallest absolute Gasteiger partial charge is 0.273 e. The standard InChI is InChI=1S/C25H35N5O3/c1-6-12-30-23(32)21-20(22(31)27-14-19-9-7-8-18(4)13-19)28-16-29(21)15-25(30,5)24(33)26-11-10-17(2)3/h7-9,13,16-17H,6,10-12,14-15H2,1-5H3,(H,26,33)(H,27,31). The van der Waals surface area contributed by atoms with E-state index in [0.29, 0.717) is 32.0 Å². The third-order valence-electron chi connectivity index (χ3n) is 6.05. The van der Waals surface area contributed by atoms with Crippen LogP contribution in [0.5, 0.6) is 0 Å². The highest BCUT2D eigenvalue weighted by molar-refractivity contribution is 6.07. The molecule has 1 aromatic heterocycles. The van der Waals surface area contributed by atoms with Crippen molar-refractivity contribution in [3.8, 4) is 0 Å². The third-order valence-corrected chi connectivity index (χ3v) is 6.05. The van der Waals surface area contributed by atoms with Gasteiger partial charge in [-0.05, 0) is 38.2 Å². The van der Waals surface area contributed by atoms with Gasteiger partial charge in [0.2, 0.25) is 5.91 Å². The van der Waals surface area contributed by atoms with Crippen molar-refractivity contribution in [1.29, 1.82) is 0 Å². The predicted octanol–water partition coefficient (Wildman–Crippen LogP) is 2.91. The Kier molecular flexibility index (Phi) is 7.56. The van der Waals surface area contributed by atoms with E-state index in [9.17, 15) is 14.4 Å². The molecule has 33 heavy (non-hydrogen) atoms. The molecule has 0 spiro atoms. The highest BCUT2D eigenvalue weighted by atomic mass is 16.2. The Morgan fingerprint density at radius 2 is 2.00 bits per heavy atom. The average molecular weight is 454 g/mol. The number of rotatable bonds is 9. The van der Waals surface area contributed by atoms with E-state index in [4.69, 9.17) is 0 Å². The number of nitrogens with zero attached hydrogens (tertiary/aromatic N) is 3. The Labute approximate surface area is 195 Å². The number of nitrogens with one attached hydrogen (secondary N) is 2. The minimum Gasteiger partial charge on any atom is -0.354 e. The second-order valence-corrected chi connectivity index (χ2v) is 9.41. The number of benzene rings is 1. The van der Waals surface area contributed by atoms with Crippen molar-refractivity contribution in [2.45, 2.75) is 66.1 Å². The fourth-order valence-corrected chi connectivity index (χ4v) is 4.18. The van der Waals surface area contributed by atoms with Gasteiger partial charge < -0.3 is 20.1 Å². The monoisotopic (exact) mass is 453 g/mol. The van der Waals surface area contributed by atoms with Crippen LogP contribution >= 0.6 is 0 Å². The lowest BCUT2D eigenvalue weighted by atomic mass is 9.93. The molecule has 3 amide bonds. The van der Waals surface area contributed by atoms with E-state index in [2.05, 4.69) is 29.5 Å². The van der Waals surface area contributed by atoms with Crippen LogP contribution in [0.25, 0.3) is 0 Å². The molecule has 0 radical (unpaired) electrons. The third kappa shape index (κ3) is 5.26. The zero-order chi connectivity index (χ0) is 24.2. The Hall–Kier alpha value is -3.16. The van der Waals surface area contributed by atoms with Crippen LogP contribution in [-0.2, 0) is 17.9 Å². The van der Waals surface area contributed by atoms with Gasteiger partial charge in [-0.15, -0.1) is 0 Å². The quantitative estimate of drug-likeness (QED) is 0.610. The van der Waals surface area contributed by atoms with Gasteiger partial charge in [0.15, 0.2) is 5.69 Å². The minimum absolute atomic E-state index is 0.0935. The first-order valence-electron chi connectivity index (χ1n) is 11.7. The highest BCUT2D eigenvalue weighted by Gasteiger charge is 2.48. The van der Waals surface area contributed by atoms with E-state index in [1.807, 2.05) is 38.1 Å². The van der Waals surface area contributed by atoms with E-state index in [0.717, 1.165) is 17.5 Å². The second kappa shape index (κ2) is 10.2. The summed E-state index contributed by atoms with van der Waals surface area (Å²) >= 11 is 0. The summed E-state index contributed by atoms with van der Waals surface area (Å²) in [5.74, 6) is -0.462. The van der Waals surface area contributed by atoms with Crippen molar-refractivity contribution in [3.63, 3.8) is 0 Å². The van der Waals surface area contributed by atoms with Crippen molar-refractivity contribution < 1.29 is 14.4 Å². The molecule has 0 bridgehead atoms. The van der Waals surface area contributed by atoms with Crippen LogP contribution in [0.1, 0.15) is 72.6 Å². The van der Waals surface area contributed by atoms with Gasteiger partial charge in [-0.3, -0.25) is 14.4 Å². The molecule has 2 heterocycles. The molecular weight excluding hydrogens is 418 g/mol. The topological polar surface area (TPSA) is 96.3 Å². The molecule has 0 fully saturated rings. The van der Waals surface area contributed by atoms with Gasteiger partial charge in [-0.25, -0.2) is 4.98 Å². The van der Waals surface area contributed by atoms with E-state index < -0.39 is 11.4 Å². The molecule has 3 rings (SSSR count).